The summed E-state index contributed by atoms with van der Waals surface area (Å²) < 4.78 is 2.06. The summed E-state index contributed by atoms with van der Waals surface area (Å²) in [5, 5.41) is 4.39. The second-order valence-electron chi connectivity index (χ2n) is 5.73. The Labute approximate surface area is 152 Å². The highest BCUT2D eigenvalue weighted by Gasteiger charge is 2.06. The van der Waals surface area contributed by atoms with Crippen LogP contribution in [0.5, 0.6) is 0 Å². The van der Waals surface area contributed by atoms with Crippen LogP contribution in [0.2, 0.25) is 0 Å². The molecule has 0 bridgehead atoms. The summed E-state index contributed by atoms with van der Waals surface area (Å²) >= 11 is 0. The SMILES string of the molecule is C=C/C=C(\C=C/N)n1ccc2cc(Nc3cc(CC)nc(N)n3)ccc21. The normalized spacial score (nSPS) is 12.0. The van der Waals surface area contributed by atoms with Crippen molar-refractivity contribution in [3.05, 3.63) is 73.2 Å². The molecule has 3 aromatic rings. The van der Waals surface area contributed by atoms with Crippen LogP contribution in [0.1, 0.15) is 12.6 Å². The predicted molar refractivity (Wildman–Crippen MR) is 109 cm³/mol. The molecule has 0 aliphatic heterocycles. The first-order valence-corrected chi connectivity index (χ1v) is 8.37. The largest absolute Gasteiger partial charge is 0.405 e. The zero-order valence-electron chi connectivity index (χ0n) is 14.7. The molecular weight excluding hydrogens is 324 g/mol. The van der Waals surface area contributed by atoms with E-state index in [1.807, 2.05) is 49.5 Å². The first-order chi connectivity index (χ1) is 12.6. The number of anilines is 3. The Bertz CT molecular complexity index is 997. The minimum Gasteiger partial charge on any atom is -0.405 e. The summed E-state index contributed by atoms with van der Waals surface area (Å²) in [4.78, 5) is 8.44. The second kappa shape index (κ2) is 7.57. The second-order valence-corrected chi connectivity index (χ2v) is 5.73. The van der Waals surface area contributed by atoms with Crippen molar-refractivity contribution >= 4 is 34.1 Å². The molecule has 0 aliphatic rings. The Kier molecular flexibility index (Phi) is 5.03. The van der Waals surface area contributed by atoms with Crippen LogP contribution >= 0.6 is 0 Å². The quantitative estimate of drug-likeness (QED) is 0.590. The molecule has 1 aromatic carbocycles. The molecule has 26 heavy (non-hydrogen) atoms. The number of fused-ring (bicyclic) bond motifs is 1. The maximum Gasteiger partial charge on any atom is 0.222 e. The van der Waals surface area contributed by atoms with Crippen LogP contribution < -0.4 is 16.8 Å². The van der Waals surface area contributed by atoms with E-state index in [1.54, 1.807) is 6.08 Å². The van der Waals surface area contributed by atoms with Crippen molar-refractivity contribution in [1.82, 2.24) is 14.5 Å². The van der Waals surface area contributed by atoms with Crippen LogP contribution in [0.25, 0.3) is 16.6 Å². The molecule has 132 valence electrons. The van der Waals surface area contributed by atoms with E-state index in [-0.39, 0.29) is 5.95 Å². The average Bonchev–Trinajstić information content (AvgIpc) is 3.04. The molecule has 5 N–H and O–H groups in total. The van der Waals surface area contributed by atoms with Gasteiger partial charge in [0.2, 0.25) is 5.95 Å². The topological polar surface area (TPSA) is 94.8 Å². The molecule has 2 heterocycles. The van der Waals surface area contributed by atoms with Gasteiger partial charge in [-0.15, -0.1) is 0 Å². The monoisotopic (exact) mass is 346 g/mol. The fourth-order valence-corrected chi connectivity index (χ4v) is 2.79. The average molecular weight is 346 g/mol. The molecule has 0 radical (unpaired) electrons. The Balaban J connectivity index is 1.95. The number of nitrogens with one attached hydrogen (secondary N) is 1. The Morgan fingerprint density at radius 1 is 1.27 bits per heavy atom. The number of allylic oxidation sites excluding steroid dienone is 4. The van der Waals surface area contributed by atoms with E-state index >= 15 is 0 Å². The Morgan fingerprint density at radius 3 is 2.85 bits per heavy atom. The summed E-state index contributed by atoms with van der Waals surface area (Å²) in [6, 6.07) is 10.1. The van der Waals surface area contributed by atoms with E-state index in [4.69, 9.17) is 11.5 Å². The van der Waals surface area contributed by atoms with Gasteiger partial charge in [0, 0.05) is 34.7 Å². The number of nitrogens with two attached hydrogens (primary N) is 2. The van der Waals surface area contributed by atoms with E-state index < -0.39 is 0 Å². The van der Waals surface area contributed by atoms with Crippen molar-refractivity contribution < 1.29 is 0 Å². The molecule has 6 nitrogen and oxygen atoms in total. The molecule has 0 unspecified atom stereocenters. The van der Waals surface area contributed by atoms with Crippen LogP contribution in [0.3, 0.4) is 0 Å². The number of aromatic nitrogens is 3. The molecule has 2 aromatic heterocycles. The van der Waals surface area contributed by atoms with Crippen molar-refractivity contribution in [2.75, 3.05) is 11.1 Å². The number of nitrogens with zero attached hydrogens (tertiary/aromatic N) is 3. The van der Waals surface area contributed by atoms with Gasteiger partial charge in [0.25, 0.3) is 0 Å². The summed E-state index contributed by atoms with van der Waals surface area (Å²) in [6.07, 6.45) is 9.80. The number of nitrogen functional groups attached to an aromatic ring is 1. The maximum absolute atomic E-state index is 5.78. The lowest BCUT2D eigenvalue weighted by Gasteiger charge is -2.09. The summed E-state index contributed by atoms with van der Waals surface area (Å²) in [7, 11) is 0. The number of hydrogen-bond donors (Lipinski definition) is 3. The standard InChI is InChI=1S/C20H22N6/c1-3-5-17(8-10-21)26-11-9-14-12-16(6-7-18(14)26)23-19-13-15(4-2)24-20(22)25-19/h3,5-13H,1,4,21H2,2H3,(H3,22,23,24,25)/b10-8-,17-5+. The lowest BCUT2D eigenvalue weighted by atomic mass is 10.2. The first kappa shape index (κ1) is 17.3. The minimum absolute atomic E-state index is 0.270. The molecule has 0 saturated carbocycles. The zero-order valence-corrected chi connectivity index (χ0v) is 14.7. The van der Waals surface area contributed by atoms with E-state index in [0.717, 1.165) is 34.4 Å². The zero-order chi connectivity index (χ0) is 18.5. The van der Waals surface area contributed by atoms with Crippen molar-refractivity contribution in [2.45, 2.75) is 13.3 Å². The van der Waals surface area contributed by atoms with Gasteiger partial charge in [-0.2, -0.15) is 4.98 Å². The van der Waals surface area contributed by atoms with Gasteiger partial charge < -0.3 is 21.4 Å². The van der Waals surface area contributed by atoms with Gasteiger partial charge >= 0.3 is 0 Å². The molecule has 0 fully saturated rings. The lowest BCUT2D eigenvalue weighted by Crippen LogP contribution is -2.02. The van der Waals surface area contributed by atoms with Crippen molar-refractivity contribution in [1.29, 1.82) is 0 Å². The summed E-state index contributed by atoms with van der Waals surface area (Å²) in [5.74, 6) is 0.957. The van der Waals surface area contributed by atoms with Crippen molar-refractivity contribution in [2.24, 2.45) is 5.73 Å². The molecule has 0 spiro atoms. The smallest absolute Gasteiger partial charge is 0.222 e. The van der Waals surface area contributed by atoms with Crippen LogP contribution in [-0.4, -0.2) is 14.5 Å². The highest BCUT2D eigenvalue weighted by molar-refractivity contribution is 5.88. The Hall–Kier alpha value is -3.54. The van der Waals surface area contributed by atoms with Gasteiger partial charge in [-0.25, -0.2) is 4.98 Å². The third-order valence-corrected chi connectivity index (χ3v) is 3.96. The molecule has 3 rings (SSSR count). The first-order valence-electron chi connectivity index (χ1n) is 8.37. The van der Waals surface area contributed by atoms with E-state index in [1.165, 1.54) is 6.20 Å². The number of rotatable bonds is 6. The lowest BCUT2D eigenvalue weighted by molar-refractivity contribution is 1.01. The summed E-state index contributed by atoms with van der Waals surface area (Å²) in [6.45, 7) is 5.79. The molecular formula is C20H22N6. The number of benzene rings is 1. The third-order valence-electron chi connectivity index (χ3n) is 3.96. The summed E-state index contributed by atoms with van der Waals surface area (Å²) in [5.41, 5.74) is 15.2. The third kappa shape index (κ3) is 3.59. The van der Waals surface area contributed by atoms with E-state index in [9.17, 15) is 0 Å². The molecule has 6 heteroatoms. The van der Waals surface area contributed by atoms with Crippen LogP contribution in [0.4, 0.5) is 17.5 Å². The van der Waals surface area contributed by atoms with Gasteiger partial charge in [-0.3, -0.25) is 0 Å². The van der Waals surface area contributed by atoms with E-state index in [2.05, 4.69) is 32.5 Å². The van der Waals surface area contributed by atoms with E-state index in [0.29, 0.717) is 5.82 Å². The Morgan fingerprint density at radius 2 is 2.12 bits per heavy atom. The highest BCUT2D eigenvalue weighted by Crippen LogP contribution is 2.25. The number of aryl methyl sites for hydroxylation is 1. The van der Waals surface area contributed by atoms with Gasteiger partial charge in [0.15, 0.2) is 0 Å². The highest BCUT2D eigenvalue weighted by atomic mass is 15.1. The van der Waals surface area contributed by atoms with Crippen LogP contribution in [0.15, 0.2) is 67.5 Å². The van der Waals surface area contributed by atoms with Gasteiger partial charge in [0.05, 0.1) is 5.52 Å². The van der Waals surface area contributed by atoms with Gasteiger partial charge in [-0.1, -0.05) is 19.6 Å². The maximum atomic E-state index is 5.78. The van der Waals surface area contributed by atoms with Gasteiger partial charge in [0.1, 0.15) is 5.82 Å². The fourth-order valence-electron chi connectivity index (χ4n) is 2.79. The fraction of sp³-hybridized carbons (Fsp3) is 0.100. The molecule has 0 saturated heterocycles. The van der Waals surface area contributed by atoms with Crippen molar-refractivity contribution in [3.63, 3.8) is 0 Å². The van der Waals surface area contributed by atoms with Gasteiger partial charge in [-0.05, 0) is 49.0 Å². The minimum atomic E-state index is 0.270. The van der Waals surface area contributed by atoms with Crippen LogP contribution in [-0.2, 0) is 6.42 Å². The molecule has 0 amide bonds. The predicted octanol–water partition coefficient (Wildman–Crippen LogP) is 3.82. The molecule has 0 aliphatic carbocycles. The van der Waals surface area contributed by atoms with Crippen molar-refractivity contribution in [3.8, 4) is 0 Å². The number of hydrogen-bond acceptors (Lipinski definition) is 5. The molecule has 0 atom stereocenters. The van der Waals surface area contributed by atoms with Crippen LogP contribution in [0, 0.1) is 0 Å².